The van der Waals surface area contributed by atoms with Gasteiger partial charge in [-0.05, 0) is 12.5 Å². The van der Waals surface area contributed by atoms with Crippen molar-refractivity contribution in [1.29, 1.82) is 0 Å². The fourth-order valence-electron chi connectivity index (χ4n) is 0.833. The molecule has 0 aromatic heterocycles. The lowest BCUT2D eigenvalue weighted by molar-refractivity contribution is -0.0491. The summed E-state index contributed by atoms with van der Waals surface area (Å²) in [5, 5.41) is 8.44. The first-order valence-corrected chi connectivity index (χ1v) is 3.88. The molecular weight excluding hydrogens is 154 g/mol. The van der Waals surface area contributed by atoms with Crippen LogP contribution in [0.25, 0.3) is 0 Å². The molecular formula is C9H13NO2. The van der Waals surface area contributed by atoms with Gasteiger partial charge in [0.15, 0.2) is 0 Å². The number of hydrogen-bond donors (Lipinski definition) is 2. The minimum Gasteiger partial charge on any atom is -0.357 e. The van der Waals surface area contributed by atoms with Gasteiger partial charge in [0, 0.05) is 0 Å². The average Bonchev–Trinajstić information content (AvgIpc) is 2.16. The largest absolute Gasteiger partial charge is 0.357 e. The first kappa shape index (κ1) is 9.19. The van der Waals surface area contributed by atoms with Gasteiger partial charge in [0.1, 0.15) is 6.23 Å². The van der Waals surface area contributed by atoms with E-state index in [1.165, 1.54) is 0 Å². The molecule has 3 heteroatoms. The second-order valence-corrected chi connectivity index (χ2v) is 2.57. The molecule has 0 radical (unpaired) electrons. The lowest BCUT2D eigenvalue weighted by Crippen LogP contribution is -2.24. The van der Waals surface area contributed by atoms with Crippen LogP contribution in [0.3, 0.4) is 0 Å². The molecule has 3 nitrogen and oxygen atoms in total. The van der Waals surface area contributed by atoms with Crippen molar-refractivity contribution in [3.05, 3.63) is 35.9 Å². The summed E-state index contributed by atoms with van der Waals surface area (Å²) in [7, 11) is 0. The normalized spacial score (nSPS) is 12.8. The van der Waals surface area contributed by atoms with E-state index in [2.05, 4.69) is 0 Å². The van der Waals surface area contributed by atoms with Crippen LogP contribution in [0.2, 0.25) is 0 Å². The second-order valence-electron chi connectivity index (χ2n) is 2.57. The Balaban J connectivity index is 2.33. The van der Waals surface area contributed by atoms with Crippen molar-refractivity contribution in [2.45, 2.75) is 19.8 Å². The summed E-state index contributed by atoms with van der Waals surface area (Å²) in [6.45, 7) is 2.25. The molecule has 12 heavy (non-hydrogen) atoms. The number of nitrogens with one attached hydrogen (secondary N) is 1. The third-order valence-corrected chi connectivity index (χ3v) is 1.52. The minimum atomic E-state index is -0.329. The first-order chi connectivity index (χ1) is 5.83. The van der Waals surface area contributed by atoms with Crippen molar-refractivity contribution in [1.82, 2.24) is 5.48 Å². The maximum atomic E-state index is 8.44. The highest BCUT2D eigenvalue weighted by Crippen LogP contribution is 2.01. The zero-order chi connectivity index (χ0) is 8.81. The van der Waals surface area contributed by atoms with Crippen LogP contribution in [0, 0.1) is 0 Å². The summed E-state index contributed by atoms with van der Waals surface area (Å²) < 4.78 is 5.22. The van der Waals surface area contributed by atoms with E-state index in [0.29, 0.717) is 6.61 Å². The van der Waals surface area contributed by atoms with E-state index >= 15 is 0 Å². The van der Waals surface area contributed by atoms with Gasteiger partial charge in [-0.3, -0.25) is 0 Å². The molecule has 1 atom stereocenters. The molecule has 0 spiro atoms. The molecule has 0 aliphatic heterocycles. The second kappa shape index (κ2) is 4.87. The summed E-state index contributed by atoms with van der Waals surface area (Å²) in [4.78, 5) is 0. The van der Waals surface area contributed by atoms with E-state index in [0.717, 1.165) is 5.56 Å². The molecule has 2 N–H and O–H groups in total. The Bertz CT molecular complexity index is 213. The van der Waals surface area contributed by atoms with E-state index in [-0.39, 0.29) is 6.23 Å². The predicted octanol–water partition coefficient (Wildman–Crippen LogP) is 1.53. The molecule has 0 saturated heterocycles. The Morgan fingerprint density at radius 1 is 1.42 bits per heavy atom. The van der Waals surface area contributed by atoms with Crippen molar-refractivity contribution in [3.8, 4) is 0 Å². The molecule has 66 valence electrons. The van der Waals surface area contributed by atoms with E-state index < -0.39 is 0 Å². The quantitative estimate of drug-likeness (QED) is 0.527. The van der Waals surface area contributed by atoms with Crippen LogP contribution >= 0.6 is 0 Å². The molecule has 1 unspecified atom stereocenters. The number of benzene rings is 1. The van der Waals surface area contributed by atoms with Crippen molar-refractivity contribution in [2.24, 2.45) is 0 Å². The Hall–Kier alpha value is -0.900. The van der Waals surface area contributed by atoms with Gasteiger partial charge >= 0.3 is 0 Å². The van der Waals surface area contributed by atoms with Gasteiger partial charge in [0.2, 0.25) is 0 Å². The number of ether oxygens (including phenoxy) is 1. The molecule has 1 aromatic carbocycles. The van der Waals surface area contributed by atoms with Gasteiger partial charge in [-0.15, -0.1) is 0 Å². The van der Waals surface area contributed by atoms with Gasteiger partial charge in [-0.1, -0.05) is 30.3 Å². The van der Waals surface area contributed by atoms with Crippen molar-refractivity contribution >= 4 is 0 Å². The lowest BCUT2D eigenvalue weighted by Gasteiger charge is -2.09. The van der Waals surface area contributed by atoms with Gasteiger partial charge in [-0.25, -0.2) is 0 Å². The van der Waals surface area contributed by atoms with Crippen molar-refractivity contribution < 1.29 is 9.94 Å². The highest BCUT2D eigenvalue weighted by molar-refractivity contribution is 5.13. The molecule has 0 amide bonds. The maximum absolute atomic E-state index is 8.44. The Labute approximate surface area is 71.9 Å². The number of hydroxylamine groups is 1. The smallest absolute Gasteiger partial charge is 0.127 e. The van der Waals surface area contributed by atoms with E-state index in [1.54, 1.807) is 6.92 Å². The van der Waals surface area contributed by atoms with E-state index in [4.69, 9.17) is 9.94 Å². The van der Waals surface area contributed by atoms with Gasteiger partial charge < -0.3 is 9.94 Å². The van der Waals surface area contributed by atoms with Crippen LogP contribution in [0.4, 0.5) is 0 Å². The van der Waals surface area contributed by atoms with Gasteiger partial charge in [0.05, 0.1) is 6.61 Å². The van der Waals surface area contributed by atoms with Crippen LogP contribution in [-0.2, 0) is 11.3 Å². The SMILES string of the molecule is CC(NO)OCc1ccccc1. The summed E-state index contributed by atoms with van der Waals surface area (Å²) in [5.41, 5.74) is 3.11. The highest BCUT2D eigenvalue weighted by atomic mass is 16.6. The standard InChI is InChI=1S/C9H13NO2/c1-8(10-11)12-7-9-5-3-2-4-6-9/h2-6,8,10-11H,7H2,1H3. The summed E-state index contributed by atoms with van der Waals surface area (Å²) in [6, 6.07) is 9.82. The first-order valence-electron chi connectivity index (χ1n) is 3.88. The Morgan fingerprint density at radius 3 is 2.67 bits per heavy atom. The van der Waals surface area contributed by atoms with Crippen LogP contribution in [0.5, 0.6) is 0 Å². The van der Waals surface area contributed by atoms with Crippen molar-refractivity contribution in [3.63, 3.8) is 0 Å². The monoisotopic (exact) mass is 167 g/mol. The summed E-state index contributed by atoms with van der Waals surface area (Å²) in [6.07, 6.45) is -0.329. The topological polar surface area (TPSA) is 41.5 Å². The molecule has 0 fully saturated rings. The van der Waals surface area contributed by atoms with Crippen LogP contribution in [0.15, 0.2) is 30.3 Å². The van der Waals surface area contributed by atoms with Gasteiger partial charge in [0.25, 0.3) is 0 Å². The van der Waals surface area contributed by atoms with Crippen LogP contribution < -0.4 is 5.48 Å². The maximum Gasteiger partial charge on any atom is 0.127 e. The fourth-order valence-corrected chi connectivity index (χ4v) is 0.833. The molecule has 0 heterocycles. The predicted molar refractivity (Wildman–Crippen MR) is 45.6 cm³/mol. The minimum absolute atomic E-state index is 0.329. The van der Waals surface area contributed by atoms with E-state index in [1.807, 2.05) is 35.8 Å². The zero-order valence-corrected chi connectivity index (χ0v) is 7.03. The highest BCUT2D eigenvalue weighted by Gasteiger charge is 1.97. The average molecular weight is 167 g/mol. The number of hydrogen-bond acceptors (Lipinski definition) is 3. The fraction of sp³-hybridized carbons (Fsp3) is 0.333. The van der Waals surface area contributed by atoms with E-state index in [9.17, 15) is 0 Å². The zero-order valence-electron chi connectivity index (χ0n) is 7.03. The molecule has 0 bridgehead atoms. The molecule has 1 rings (SSSR count). The van der Waals surface area contributed by atoms with Crippen LogP contribution in [-0.4, -0.2) is 11.4 Å². The molecule has 1 aromatic rings. The van der Waals surface area contributed by atoms with Crippen molar-refractivity contribution in [2.75, 3.05) is 0 Å². The summed E-state index contributed by atoms with van der Waals surface area (Å²) >= 11 is 0. The third-order valence-electron chi connectivity index (χ3n) is 1.52. The Kier molecular flexibility index (Phi) is 3.73. The summed E-state index contributed by atoms with van der Waals surface area (Å²) in [5.74, 6) is 0. The third kappa shape index (κ3) is 3.00. The lowest BCUT2D eigenvalue weighted by atomic mass is 10.2. The Morgan fingerprint density at radius 2 is 2.08 bits per heavy atom. The molecule has 0 aliphatic rings. The van der Waals surface area contributed by atoms with Crippen LogP contribution in [0.1, 0.15) is 12.5 Å². The molecule has 0 aliphatic carbocycles. The van der Waals surface area contributed by atoms with Gasteiger partial charge in [-0.2, -0.15) is 5.48 Å². The molecule has 0 saturated carbocycles. The number of rotatable bonds is 4.